The van der Waals surface area contributed by atoms with E-state index in [0.29, 0.717) is 25.9 Å². The molecular formula is C14H18N4O3. The number of amides is 1. The average molecular weight is 290 g/mol. The highest BCUT2D eigenvalue weighted by atomic mass is 16.7. The minimum Gasteiger partial charge on any atom is -0.445 e. The zero-order chi connectivity index (χ0) is 14.7. The summed E-state index contributed by atoms with van der Waals surface area (Å²) in [5.74, 6) is 0.287. The van der Waals surface area contributed by atoms with Gasteiger partial charge in [0, 0.05) is 25.9 Å². The Balaban J connectivity index is 1.49. The molecule has 0 bridgehead atoms. The third kappa shape index (κ3) is 3.08. The van der Waals surface area contributed by atoms with Crippen LogP contribution in [0.2, 0.25) is 0 Å². The second-order valence-corrected chi connectivity index (χ2v) is 5.17. The van der Waals surface area contributed by atoms with Crippen LogP contribution in [-0.2, 0) is 16.2 Å². The predicted octanol–water partition coefficient (Wildman–Crippen LogP) is 0.965. The van der Waals surface area contributed by atoms with Crippen LogP contribution in [-0.4, -0.2) is 35.8 Å². The predicted molar refractivity (Wildman–Crippen MR) is 76.0 cm³/mol. The Hall–Kier alpha value is -2.28. The van der Waals surface area contributed by atoms with Crippen LogP contribution in [0.5, 0.6) is 0 Å². The number of ether oxygens (including phenoxy) is 1. The molecule has 2 aliphatic heterocycles. The van der Waals surface area contributed by atoms with Gasteiger partial charge in [0.1, 0.15) is 6.61 Å². The van der Waals surface area contributed by atoms with Gasteiger partial charge in [0.05, 0.1) is 0 Å². The highest BCUT2D eigenvalue weighted by Crippen LogP contribution is 2.29. The van der Waals surface area contributed by atoms with Gasteiger partial charge in [0.15, 0.2) is 5.72 Å². The molecule has 0 aliphatic carbocycles. The Morgan fingerprint density at radius 1 is 1.38 bits per heavy atom. The number of rotatable bonds is 2. The normalized spacial score (nSPS) is 20.0. The minimum absolute atomic E-state index is 0.282. The van der Waals surface area contributed by atoms with Crippen molar-refractivity contribution in [1.29, 1.82) is 0 Å². The minimum atomic E-state index is -0.625. The number of likely N-dealkylation sites (tertiary alicyclic amines) is 1. The van der Waals surface area contributed by atoms with Gasteiger partial charge < -0.3 is 15.4 Å². The largest absolute Gasteiger partial charge is 0.445 e. The van der Waals surface area contributed by atoms with Gasteiger partial charge in [-0.3, -0.25) is 0 Å². The van der Waals surface area contributed by atoms with E-state index in [1.165, 1.54) is 0 Å². The van der Waals surface area contributed by atoms with Crippen LogP contribution in [0.4, 0.5) is 4.79 Å². The molecule has 0 saturated carbocycles. The Kier molecular flexibility index (Phi) is 3.66. The monoisotopic (exact) mass is 290 g/mol. The fourth-order valence-corrected chi connectivity index (χ4v) is 2.48. The van der Waals surface area contributed by atoms with Crippen LogP contribution < -0.4 is 11.2 Å². The summed E-state index contributed by atoms with van der Waals surface area (Å²) in [6.07, 6.45) is 0.888. The molecule has 1 amide bonds. The van der Waals surface area contributed by atoms with Crippen molar-refractivity contribution in [3.8, 4) is 0 Å². The lowest BCUT2D eigenvalue weighted by atomic mass is 10.0. The molecular weight excluding hydrogens is 272 g/mol. The van der Waals surface area contributed by atoms with Gasteiger partial charge in [0.2, 0.25) is 5.96 Å². The Labute approximate surface area is 122 Å². The summed E-state index contributed by atoms with van der Waals surface area (Å²) in [5.41, 5.74) is 8.47. The summed E-state index contributed by atoms with van der Waals surface area (Å²) >= 11 is 0. The van der Waals surface area contributed by atoms with Gasteiger partial charge in [-0.1, -0.05) is 30.3 Å². The number of nitrogens with zero attached hydrogens (tertiary/aromatic N) is 2. The van der Waals surface area contributed by atoms with Crippen LogP contribution in [0.1, 0.15) is 18.4 Å². The number of piperidine rings is 1. The molecule has 2 aliphatic rings. The number of nitrogens with one attached hydrogen (secondary N) is 1. The third-order valence-electron chi connectivity index (χ3n) is 3.68. The van der Waals surface area contributed by atoms with Crippen LogP contribution >= 0.6 is 0 Å². The van der Waals surface area contributed by atoms with Crippen molar-refractivity contribution in [2.45, 2.75) is 25.2 Å². The Bertz CT molecular complexity index is 538. The highest BCUT2D eigenvalue weighted by molar-refractivity contribution is 5.78. The molecule has 0 atom stereocenters. The molecule has 3 rings (SSSR count). The molecule has 1 aromatic carbocycles. The summed E-state index contributed by atoms with van der Waals surface area (Å²) < 4.78 is 5.31. The quantitative estimate of drug-likeness (QED) is 0.847. The van der Waals surface area contributed by atoms with Gasteiger partial charge in [-0.05, 0) is 5.56 Å². The summed E-state index contributed by atoms with van der Waals surface area (Å²) in [6, 6.07) is 9.61. The molecule has 3 N–H and O–H groups in total. The molecule has 1 spiro atoms. The first-order valence-electron chi connectivity index (χ1n) is 6.92. The molecule has 112 valence electrons. The van der Waals surface area contributed by atoms with Crippen molar-refractivity contribution < 1.29 is 14.4 Å². The summed E-state index contributed by atoms with van der Waals surface area (Å²) in [5, 5.41) is 0. The third-order valence-corrected chi connectivity index (χ3v) is 3.68. The number of guanidine groups is 1. The Morgan fingerprint density at radius 2 is 2.10 bits per heavy atom. The van der Waals surface area contributed by atoms with Crippen molar-refractivity contribution in [2.24, 2.45) is 10.7 Å². The standard InChI is InChI=1S/C14H18N4O3/c15-12-16-14(21-17-12)6-8-18(9-7-14)13(19)20-10-11-4-2-1-3-5-11/h1-5H,6-10H2,(H3,15,16,17). The van der Waals surface area contributed by atoms with E-state index in [1.807, 2.05) is 30.3 Å². The maximum Gasteiger partial charge on any atom is 0.410 e. The number of aliphatic imine (C=N–C) groups is 1. The summed E-state index contributed by atoms with van der Waals surface area (Å²) in [7, 11) is 0. The van der Waals surface area contributed by atoms with E-state index in [2.05, 4.69) is 10.5 Å². The van der Waals surface area contributed by atoms with E-state index in [9.17, 15) is 4.79 Å². The fraction of sp³-hybridized carbons (Fsp3) is 0.429. The lowest BCUT2D eigenvalue weighted by Gasteiger charge is -2.34. The summed E-state index contributed by atoms with van der Waals surface area (Å²) in [4.78, 5) is 23.3. The maximum atomic E-state index is 12.0. The van der Waals surface area contributed by atoms with Crippen molar-refractivity contribution in [3.05, 3.63) is 35.9 Å². The molecule has 1 aromatic rings. The van der Waals surface area contributed by atoms with E-state index in [1.54, 1.807) is 4.90 Å². The van der Waals surface area contributed by atoms with E-state index in [4.69, 9.17) is 15.3 Å². The number of benzene rings is 1. The van der Waals surface area contributed by atoms with E-state index in [-0.39, 0.29) is 18.7 Å². The molecule has 0 radical (unpaired) electrons. The number of hydrogen-bond donors (Lipinski definition) is 2. The maximum absolute atomic E-state index is 12.0. The van der Waals surface area contributed by atoms with E-state index >= 15 is 0 Å². The number of carbonyl (C=O) groups excluding carboxylic acids is 1. The molecule has 1 saturated heterocycles. The first kappa shape index (κ1) is 13.7. The topological polar surface area (TPSA) is 89.2 Å². The van der Waals surface area contributed by atoms with Crippen LogP contribution in [0.25, 0.3) is 0 Å². The summed E-state index contributed by atoms with van der Waals surface area (Å²) in [6.45, 7) is 1.35. The first-order valence-corrected chi connectivity index (χ1v) is 6.92. The lowest BCUT2D eigenvalue weighted by molar-refractivity contribution is -0.0872. The zero-order valence-corrected chi connectivity index (χ0v) is 11.6. The van der Waals surface area contributed by atoms with Crippen LogP contribution in [0.15, 0.2) is 35.3 Å². The van der Waals surface area contributed by atoms with Crippen molar-refractivity contribution in [1.82, 2.24) is 10.4 Å². The molecule has 1 fully saturated rings. The number of hydrogen-bond acceptors (Lipinski definition) is 6. The number of nitrogens with two attached hydrogens (primary N) is 1. The molecule has 2 heterocycles. The number of carbonyl (C=O) groups is 1. The lowest BCUT2D eigenvalue weighted by Crippen LogP contribution is -2.46. The van der Waals surface area contributed by atoms with Crippen LogP contribution in [0.3, 0.4) is 0 Å². The smallest absolute Gasteiger partial charge is 0.410 e. The van der Waals surface area contributed by atoms with Gasteiger partial charge >= 0.3 is 6.09 Å². The van der Waals surface area contributed by atoms with Gasteiger partial charge in [0.25, 0.3) is 0 Å². The van der Waals surface area contributed by atoms with Crippen molar-refractivity contribution in [3.63, 3.8) is 0 Å². The molecule has 21 heavy (non-hydrogen) atoms. The van der Waals surface area contributed by atoms with Gasteiger partial charge in [-0.15, -0.1) is 0 Å². The SMILES string of the molecule is NC1=NC2(CCN(C(=O)OCc3ccccc3)CC2)ON1. The molecule has 7 nitrogen and oxygen atoms in total. The van der Waals surface area contributed by atoms with E-state index < -0.39 is 5.72 Å². The molecule has 7 heteroatoms. The highest BCUT2D eigenvalue weighted by Gasteiger charge is 2.41. The second-order valence-electron chi connectivity index (χ2n) is 5.17. The Morgan fingerprint density at radius 3 is 2.71 bits per heavy atom. The van der Waals surface area contributed by atoms with Gasteiger partial charge in [-0.2, -0.15) is 0 Å². The van der Waals surface area contributed by atoms with Crippen LogP contribution in [0, 0.1) is 0 Å². The molecule has 0 unspecified atom stereocenters. The first-order chi connectivity index (χ1) is 10.2. The zero-order valence-electron chi connectivity index (χ0n) is 11.6. The van der Waals surface area contributed by atoms with Crippen molar-refractivity contribution >= 4 is 12.1 Å². The number of hydroxylamine groups is 1. The second kappa shape index (κ2) is 5.61. The van der Waals surface area contributed by atoms with Gasteiger partial charge in [-0.25, -0.2) is 20.1 Å². The average Bonchev–Trinajstić information content (AvgIpc) is 2.87. The van der Waals surface area contributed by atoms with Crippen molar-refractivity contribution in [2.75, 3.05) is 13.1 Å². The molecule has 0 aromatic heterocycles. The fourth-order valence-electron chi connectivity index (χ4n) is 2.48. The van der Waals surface area contributed by atoms with E-state index in [0.717, 1.165) is 5.56 Å².